The van der Waals surface area contributed by atoms with E-state index in [1.807, 2.05) is 31.2 Å². The van der Waals surface area contributed by atoms with Crippen molar-refractivity contribution < 1.29 is 14.3 Å². The maximum Gasteiger partial charge on any atom is 0.310 e. The number of aliphatic carboxylic acids is 1. The summed E-state index contributed by atoms with van der Waals surface area (Å²) in [5.41, 5.74) is 4.10. The van der Waals surface area contributed by atoms with Crippen LogP contribution in [0.2, 0.25) is 0 Å². The fourth-order valence-corrected chi connectivity index (χ4v) is 2.25. The van der Waals surface area contributed by atoms with E-state index in [2.05, 4.69) is 4.98 Å². The summed E-state index contributed by atoms with van der Waals surface area (Å²) in [5.74, 6) is -0.872. The molecule has 1 heterocycles. The largest absolute Gasteiger partial charge is 0.481 e. The van der Waals surface area contributed by atoms with Gasteiger partial charge in [-0.3, -0.25) is 4.79 Å². The minimum absolute atomic E-state index is 0.550. The van der Waals surface area contributed by atoms with Gasteiger partial charge in [-0.2, -0.15) is 0 Å². The zero-order valence-corrected chi connectivity index (χ0v) is 11.8. The highest BCUT2D eigenvalue weighted by Crippen LogP contribution is 2.27. The van der Waals surface area contributed by atoms with Gasteiger partial charge in [0.1, 0.15) is 5.52 Å². The number of nitrogens with zero attached hydrogens (tertiary/aromatic N) is 1. The van der Waals surface area contributed by atoms with Gasteiger partial charge < -0.3 is 9.52 Å². The molecule has 0 saturated heterocycles. The number of hydrogen-bond donors (Lipinski definition) is 1. The molecule has 0 aliphatic carbocycles. The molecule has 4 heteroatoms. The third-order valence-corrected chi connectivity index (χ3v) is 3.55. The smallest absolute Gasteiger partial charge is 0.310 e. The lowest BCUT2D eigenvalue weighted by Crippen LogP contribution is -2.06. The van der Waals surface area contributed by atoms with Crippen molar-refractivity contribution in [3.63, 3.8) is 0 Å². The Hall–Kier alpha value is -2.62. The van der Waals surface area contributed by atoms with Gasteiger partial charge in [0.15, 0.2) is 5.58 Å². The van der Waals surface area contributed by atoms with Gasteiger partial charge in [-0.25, -0.2) is 4.98 Å². The van der Waals surface area contributed by atoms with Crippen LogP contribution in [0.4, 0.5) is 0 Å². The van der Waals surface area contributed by atoms with Crippen LogP contribution in [-0.4, -0.2) is 16.1 Å². The molecule has 0 radical (unpaired) electrons. The number of aromatic nitrogens is 1. The average Bonchev–Trinajstić information content (AvgIpc) is 2.89. The maximum atomic E-state index is 11.1. The summed E-state index contributed by atoms with van der Waals surface area (Å²) in [6.45, 7) is 3.67. The first-order chi connectivity index (χ1) is 10.0. The summed E-state index contributed by atoms with van der Waals surface area (Å²) in [5, 5.41) is 9.08. The molecule has 1 aromatic heterocycles. The number of carboxylic acid groups (broad SMARTS) is 1. The Morgan fingerprint density at radius 3 is 2.76 bits per heavy atom. The van der Waals surface area contributed by atoms with Gasteiger partial charge in [-0.15, -0.1) is 0 Å². The minimum Gasteiger partial charge on any atom is -0.481 e. The number of oxazole rings is 1. The SMILES string of the molecule is Cc1cccc(-c2nc3ccc([C@H](C)C(=O)O)cc3o2)c1. The van der Waals surface area contributed by atoms with E-state index in [9.17, 15) is 4.79 Å². The first-order valence-electron chi connectivity index (χ1n) is 6.75. The van der Waals surface area contributed by atoms with Crippen molar-refractivity contribution in [2.75, 3.05) is 0 Å². The first kappa shape index (κ1) is 13.4. The van der Waals surface area contributed by atoms with Crippen LogP contribution in [0.15, 0.2) is 46.9 Å². The molecular weight excluding hydrogens is 266 g/mol. The third-order valence-electron chi connectivity index (χ3n) is 3.55. The van der Waals surface area contributed by atoms with Crippen LogP contribution in [-0.2, 0) is 4.79 Å². The van der Waals surface area contributed by atoms with Crippen LogP contribution in [0, 0.1) is 6.92 Å². The molecular formula is C17H15NO3. The number of fused-ring (bicyclic) bond motifs is 1. The molecule has 0 fully saturated rings. The summed E-state index contributed by atoms with van der Waals surface area (Å²) in [4.78, 5) is 15.5. The molecule has 21 heavy (non-hydrogen) atoms. The molecule has 0 amide bonds. The topological polar surface area (TPSA) is 63.3 Å². The standard InChI is InChI=1S/C17H15NO3/c1-10-4-3-5-13(8-10)16-18-14-7-6-12(9-15(14)21-16)11(2)17(19)20/h3-9,11H,1-2H3,(H,19,20)/t11-/m0/s1. The predicted octanol–water partition coefficient (Wildman–Crippen LogP) is 3.99. The average molecular weight is 281 g/mol. The molecule has 0 unspecified atom stereocenters. The molecule has 1 N–H and O–H groups in total. The van der Waals surface area contributed by atoms with E-state index in [-0.39, 0.29) is 0 Å². The number of rotatable bonds is 3. The summed E-state index contributed by atoms with van der Waals surface area (Å²) >= 11 is 0. The van der Waals surface area contributed by atoms with E-state index >= 15 is 0 Å². The van der Waals surface area contributed by atoms with Crippen molar-refractivity contribution in [3.05, 3.63) is 53.6 Å². The summed E-state index contributed by atoms with van der Waals surface area (Å²) < 4.78 is 5.78. The van der Waals surface area contributed by atoms with Gasteiger partial charge in [-0.05, 0) is 43.7 Å². The Morgan fingerprint density at radius 2 is 2.05 bits per heavy atom. The lowest BCUT2D eigenvalue weighted by molar-refractivity contribution is -0.138. The van der Waals surface area contributed by atoms with Crippen molar-refractivity contribution in [2.45, 2.75) is 19.8 Å². The molecule has 3 aromatic rings. The maximum absolute atomic E-state index is 11.1. The Bertz CT molecular complexity index is 820. The molecule has 1 atom stereocenters. The van der Waals surface area contributed by atoms with Crippen molar-refractivity contribution >= 4 is 17.1 Å². The Labute approximate surface area is 122 Å². The van der Waals surface area contributed by atoms with Crippen LogP contribution in [0.5, 0.6) is 0 Å². The summed E-state index contributed by atoms with van der Waals surface area (Å²) in [6, 6.07) is 13.2. The molecule has 0 bridgehead atoms. The molecule has 0 spiro atoms. The van der Waals surface area contributed by atoms with Crippen LogP contribution in [0.3, 0.4) is 0 Å². The van der Waals surface area contributed by atoms with Crippen LogP contribution >= 0.6 is 0 Å². The van der Waals surface area contributed by atoms with Gasteiger partial charge in [0.05, 0.1) is 5.92 Å². The van der Waals surface area contributed by atoms with Gasteiger partial charge in [0.25, 0.3) is 0 Å². The highest BCUT2D eigenvalue weighted by Gasteiger charge is 2.16. The second-order valence-electron chi connectivity index (χ2n) is 5.18. The van der Waals surface area contributed by atoms with Crippen LogP contribution in [0.25, 0.3) is 22.6 Å². The second-order valence-corrected chi connectivity index (χ2v) is 5.18. The molecule has 0 aliphatic rings. The lowest BCUT2D eigenvalue weighted by Gasteiger charge is -2.04. The number of hydrogen-bond acceptors (Lipinski definition) is 3. The fourth-order valence-electron chi connectivity index (χ4n) is 2.25. The lowest BCUT2D eigenvalue weighted by atomic mass is 10.0. The van der Waals surface area contributed by atoms with Crippen molar-refractivity contribution in [1.82, 2.24) is 4.98 Å². The zero-order chi connectivity index (χ0) is 15.0. The number of carbonyl (C=O) groups is 1. The summed E-state index contributed by atoms with van der Waals surface area (Å²) in [6.07, 6.45) is 0. The van der Waals surface area contributed by atoms with E-state index < -0.39 is 11.9 Å². The van der Waals surface area contributed by atoms with Crippen LogP contribution < -0.4 is 0 Å². The van der Waals surface area contributed by atoms with E-state index in [0.29, 0.717) is 17.0 Å². The van der Waals surface area contributed by atoms with Gasteiger partial charge in [0.2, 0.25) is 5.89 Å². The normalized spacial score (nSPS) is 12.5. The Morgan fingerprint density at radius 1 is 1.24 bits per heavy atom. The monoisotopic (exact) mass is 281 g/mol. The van der Waals surface area contributed by atoms with Gasteiger partial charge in [0, 0.05) is 5.56 Å². The van der Waals surface area contributed by atoms with E-state index in [1.54, 1.807) is 25.1 Å². The van der Waals surface area contributed by atoms with E-state index in [1.165, 1.54) is 0 Å². The molecule has 2 aromatic carbocycles. The fraction of sp³-hybridized carbons (Fsp3) is 0.176. The molecule has 0 aliphatic heterocycles. The number of benzene rings is 2. The highest BCUT2D eigenvalue weighted by atomic mass is 16.4. The minimum atomic E-state index is -0.854. The highest BCUT2D eigenvalue weighted by molar-refractivity contribution is 5.81. The van der Waals surface area contributed by atoms with Crippen molar-refractivity contribution in [3.8, 4) is 11.5 Å². The summed E-state index contributed by atoms with van der Waals surface area (Å²) in [7, 11) is 0. The van der Waals surface area contributed by atoms with Crippen molar-refractivity contribution in [2.24, 2.45) is 0 Å². The van der Waals surface area contributed by atoms with Gasteiger partial charge >= 0.3 is 5.97 Å². The number of aryl methyl sites for hydroxylation is 1. The molecule has 3 rings (SSSR count). The second kappa shape index (κ2) is 5.05. The predicted molar refractivity (Wildman–Crippen MR) is 80.2 cm³/mol. The Balaban J connectivity index is 2.06. The third kappa shape index (κ3) is 2.52. The molecule has 4 nitrogen and oxygen atoms in total. The van der Waals surface area contributed by atoms with Crippen LogP contribution in [0.1, 0.15) is 24.0 Å². The van der Waals surface area contributed by atoms with Crippen molar-refractivity contribution in [1.29, 1.82) is 0 Å². The molecule has 0 saturated carbocycles. The molecule has 106 valence electrons. The number of carboxylic acids is 1. The Kier molecular flexibility index (Phi) is 3.22. The zero-order valence-electron chi connectivity index (χ0n) is 11.8. The van der Waals surface area contributed by atoms with E-state index in [4.69, 9.17) is 9.52 Å². The van der Waals surface area contributed by atoms with Gasteiger partial charge in [-0.1, -0.05) is 23.8 Å². The first-order valence-corrected chi connectivity index (χ1v) is 6.75. The quantitative estimate of drug-likeness (QED) is 0.788. The van der Waals surface area contributed by atoms with E-state index in [0.717, 1.165) is 16.6 Å².